The smallest absolute Gasteiger partial charge is 0.145 e. The van der Waals surface area contributed by atoms with Crippen LogP contribution in [0.2, 0.25) is 5.02 Å². The van der Waals surface area contributed by atoms with Crippen LogP contribution in [0, 0.1) is 18.3 Å². The molecule has 1 heterocycles. The Morgan fingerprint density at radius 1 is 1.36 bits per heavy atom. The van der Waals surface area contributed by atoms with E-state index in [-0.39, 0.29) is 0 Å². The van der Waals surface area contributed by atoms with E-state index in [1.54, 1.807) is 6.92 Å². The Balaban J connectivity index is 2.94. The fourth-order valence-electron chi connectivity index (χ4n) is 1.38. The summed E-state index contributed by atoms with van der Waals surface area (Å²) >= 11 is 6.12. The van der Waals surface area contributed by atoms with Gasteiger partial charge in [0.05, 0.1) is 10.5 Å². The first-order chi connectivity index (χ1) is 6.74. The summed E-state index contributed by atoms with van der Waals surface area (Å²) in [7, 11) is 0. The van der Waals surface area contributed by atoms with Crippen molar-refractivity contribution in [3.63, 3.8) is 0 Å². The largest absolute Gasteiger partial charge is 0.237 e. The number of hydrogen-bond acceptors (Lipinski definition) is 2. The fourth-order valence-corrected chi connectivity index (χ4v) is 1.63. The summed E-state index contributed by atoms with van der Waals surface area (Å²) in [6.07, 6.45) is 0. The number of nitriles is 1. The molecule has 68 valence electrons. The van der Waals surface area contributed by atoms with Gasteiger partial charge in [-0.3, -0.25) is 0 Å². The topological polar surface area (TPSA) is 36.7 Å². The second-order valence-corrected chi connectivity index (χ2v) is 3.41. The van der Waals surface area contributed by atoms with E-state index in [2.05, 4.69) is 4.98 Å². The van der Waals surface area contributed by atoms with Crippen LogP contribution in [0.25, 0.3) is 10.9 Å². The Morgan fingerprint density at radius 2 is 2.07 bits per heavy atom. The third-order valence-electron chi connectivity index (χ3n) is 2.16. The van der Waals surface area contributed by atoms with Gasteiger partial charge < -0.3 is 0 Å². The van der Waals surface area contributed by atoms with Crippen molar-refractivity contribution in [3.8, 4) is 6.07 Å². The van der Waals surface area contributed by atoms with Gasteiger partial charge in [0.25, 0.3) is 0 Å². The van der Waals surface area contributed by atoms with Crippen LogP contribution in [0.4, 0.5) is 0 Å². The van der Waals surface area contributed by atoms with E-state index in [0.29, 0.717) is 10.7 Å². The zero-order valence-electron chi connectivity index (χ0n) is 7.58. The summed E-state index contributed by atoms with van der Waals surface area (Å²) in [5, 5.41) is 10.3. The molecular weight excluding hydrogens is 196 g/mol. The van der Waals surface area contributed by atoms with Crippen LogP contribution in [0.1, 0.15) is 11.3 Å². The van der Waals surface area contributed by atoms with Gasteiger partial charge in [-0.2, -0.15) is 5.26 Å². The monoisotopic (exact) mass is 202 g/mol. The molecule has 0 bridgehead atoms. The molecule has 0 spiro atoms. The molecule has 0 saturated carbocycles. The molecule has 0 amide bonds. The van der Waals surface area contributed by atoms with Gasteiger partial charge in [0.2, 0.25) is 0 Å². The van der Waals surface area contributed by atoms with E-state index < -0.39 is 0 Å². The van der Waals surface area contributed by atoms with Gasteiger partial charge in [-0.1, -0.05) is 29.8 Å². The lowest BCUT2D eigenvalue weighted by Crippen LogP contribution is -1.91. The van der Waals surface area contributed by atoms with Crippen molar-refractivity contribution in [2.75, 3.05) is 0 Å². The molecule has 0 aliphatic carbocycles. The van der Waals surface area contributed by atoms with Crippen molar-refractivity contribution < 1.29 is 0 Å². The third kappa shape index (κ3) is 1.23. The van der Waals surface area contributed by atoms with Crippen LogP contribution in [-0.2, 0) is 0 Å². The van der Waals surface area contributed by atoms with Gasteiger partial charge in [0, 0.05) is 10.9 Å². The zero-order chi connectivity index (χ0) is 10.1. The van der Waals surface area contributed by atoms with Crippen LogP contribution in [0.3, 0.4) is 0 Å². The highest BCUT2D eigenvalue weighted by molar-refractivity contribution is 6.36. The Hall–Kier alpha value is -1.59. The summed E-state index contributed by atoms with van der Waals surface area (Å²) < 4.78 is 0. The lowest BCUT2D eigenvalue weighted by atomic mass is 10.1. The number of nitrogens with zero attached hydrogens (tertiary/aromatic N) is 2. The molecular formula is C11H7ClN2. The lowest BCUT2D eigenvalue weighted by molar-refractivity contribution is 1.26. The van der Waals surface area contributed by atoms with Gasteiger partial charge in [-0.05, 0) is 13.0 Å². The summed E-state index contributed by atoms with van der Waals surface area (Å²) in [6.45, 7) is 1.81. The molecule has 0 saturated heterocycles. The molecule has 2 aromatic rings. The van der Waals surface area contributed by atoms with Crippen LogP contribution in [-0.4, -0.2) is 4.98 Å². The molecule has 2 rings (SSSR count). The van der Waals surface area contributed by atoms with Crippen molar-refractivity contribution in [2.24, 2.45) is 0 Å². The standard InChI is InChI=1S/C11H7ClN2/c1-7-10(6-13)14-9-5-3-2-4-8(9)11(7)12/h2-5H,1H3. The van der Waals surface area contributed by atoms with Crippen LogP contribution in [0.15, 0.2) is 24.3 Å². The van der Waals surface area contributed by atoms with Crippen LogP contribution in [0.5, 0.6) is 0 Å². The Morgan fingerprint density at radius 3 is 2.79 bits per heavy atom. The highest BCUT2D eigenvalue weighted by atomic mass is 35.5. The normalized spacial score (nSPS) is 10.1. The summed E-state index contributed by atoms with van der Waals surface area (Å²) in [4.78, 5) is 4.21. The van der Waals surface area contributed by atoms with Gasteiger partial charge in [0.15, 0.2) is 0 Å². The minimum Gasteiger partial charge on any atom is -0.237 e. The molecule has 0 N–H and O–H groups in total. The van der Waals surface area contributed by atoms with E-state index in [0.717, 1.165) is 16.5 Å². The molecule has 1 aromatic heterocycles. The van der Waals surface area contributed by atoms with Crippen molar-refractivity contribution >= 4 is 22.5 Å². The molecule has 0 fully saturated rings. The van der Waals surface area contributed by atoms with E-state index in [1.165, 1.54) is 0 Å². The Bertz CT molecular complexity index is 541. The van der Waals surface area contributed by atoms with Gasteiger partial charge in [-0.25, -0.2) is 4.98 Å². The number of rotatable bonds is 0. The minimum atomic E-state index is 0.397. The van der Waals surface area contributed by atoms with Crippen molar-refractivity contribution in [3.05, 3.63) is 40.5 Å². The predicted octanol–water partition coefficient (Wildman–Crippen LogP) is 3.07. The first-order valence-electron chi connectivity index (χ1n) is 4.19. The van der Waals surface area contributed by atoms with Gasteiger partial charge >= 0.3 is 0 Å². The fraction of sp³-hybridized carbons (Fsp3) is 0.0909. The number of hydrogen-bond donors (Lipinski definition) is 0. The second-order valence-electron chi connectivity index (χ2n) is 3.03. The number of halogens is 1. The first-order valence-corrected chi connectivity index (χ1v) is 4.57. The molecule has 1 aromatic carbocycles. The number of para-hydroxylation sites is 1. The van der Waals surface area contributed by atoms with E-state index in [9.17, 15) is 0 Å². The quantitative estimate of drug-likeness (QED) is 0.658. The SMILES string of the molecule is Cc1c(C#N)nc2ccccc2c1Cl. The Kier molecular flexibility index (Phi) is 2.11. The molecule has 3 heteroatoms. The van der Waals surface area contributed by atoms with Crippen molar-refractivity contribution in [1.29, 1.82) is 5.26 Å². The predicted molar refractivity (Wildman–Crippen MR) is 56.2 cm³/mol. The van der Waals surface area contributed by atoms with E-state index in [1.807, 2.05) is 30.3 Å². The number of fused-ring (bicyclic) bond motifs is 1. The number of benzene rings is 1. The maximum Gasteiger partial charge on any atom is 0.145 e. The van der Waals surface area contributed by atoms with Gasteiger partial charge in [0.1, 0.15) is 11.8 Å². The van der Waals surface area contributed by atoms with E-state index in [4.69, 9.17) is 16.9 Å². The number of aromatic nitrogens is 1. The lowest BCUT2D eigenvalue weighted by Gasteiger charge is -2.04. The highest BCUT2D eigenvalue weighted by Crippen LogP contribution is 2.26. The average molecular weight is 203 g/mol. The number of pyridine rings is 1. The first kappa shape index (κ1) is 8.98. The van der Waals surface area contributed by atoms with Crippen molar-refractivity contribution in [1.82, 2.24) is 4.98 Å². The minimum absolute atomic E-state index is 0.397. The molecule has 0 atom stereocenters. The maximum absolute atomic E-state index is 8.83. The summed E-state index contributed by atoms with van der Waals surface area (Å²) in [5.74, 6) is 0. The van der Waals surface area contributed by atoms with Crippen LogP contribution >= 0.6 is 11.6 Å². The van der Waals surface area contributed by atoms with Crippen molar-refractivity contribution in [2.45, 2.75) is 6.92 Å². The Labute approximate surface area is 86.8 Å². The summed E-state index contributed by atoms with van der Waals surface area (Å²) in [6, 6.07) is 9.56. The molecule has 0 aliphatic rings. The molecule has 2 nitrogen and oxygen atoms in total. The van der Waals surface area contributed by atoms with Gasteiger partial charge in [-0.15, -0.1) is 0 Å². The van der Waals surface area contributed by atoms with Crippen LogP contribution < -0.4 is 0 Å². The molecule has 0 radical (unpaired) electrons. The molecule has 14 heavy (non-hydrogen) atoms. The average Bonchev–Trinajstić information content (AvgIpc) is 2.23. The second kappa shape index (κ2) is 3.28. The summed E-state index contributed by atoms with van der Waals surface area (Å²) in [5.41, 5.74) is 1.90. The third-order valence-corrected chi connectivity index (χ3v) is 2.65. The highest BCUT2D eigenvalue weighted by Gasteiger charge is 2.08. The zero-order valence-corrected chi connectivity index (χ0v) is 8.34. The molecule has 0 unspecified atom stereocenters. The van der Waals surface area contributed by atoms with E-state index >= 15 is 0 Å². The molecule has 0 aliphatic heterocycles. The maximum atomic E-state index is 8.83.